The van der Waals surface area contributed by atoms with Crippen molar-refractivity contribution in [1.82, 2.24) is 0 Å². The molecular formula is C13H9BrClNO4S. The second kappa shape index (κ2) is 6.93. The zero-order valence-electron chi connectivity index (χ0n) is 10.4. The van der Waals surface area contributed by atoms with Crippen LogP contribution in [0.15, 0.2) is 34.1 Å². The third kappa shape index (κ3) is 4.20. The van der Waals surface area contributed by atoms with E-state index in [1.807, 2.05) is 0 Å². The van der Waals surface area contributed by atoms with E-state index in [9.17, 15) is 9.59 Å². The summed E-state index contributed by atoms with van der Waals surface area (Å²) < 4.78 is 6.00. The molecule has 5 nitrogen and oxygen atoms in total. The minimum atomic E-state index is -1.09. The maximum atomic E-state index is 11.8. The van der Waals surface area contributed by atoms with Crippen molar-refractivity contribution in [3.05, 3.63) is 44.0 Å². The van der Waals surface area contributed by atoms with Crippen LogP contribution in [-0.4, -0.2) is 23.6 Å². The Morgan fingerprint density at radius 3 is 2.81 bits per heavy atom. The van der Waals surface area contributed by atoms with Crippen LogP contribution in [0.3, 0.4) is 0 Å². The molecule has 1 amide bonds. The van der Waals surface area contributed by atoms with Crippen molar-refractivity contribution >= 4 is 56.4 Å². The van der Waals surface area contributed by atoms with E-state index >= 15 is 0 Å². The minimum Gasteiger partial charge on any atom is -0.482 e. The van der Waals surface area contributed by atoms with Gasteiger partial charge in [0.15, 0.2) is 11.5 Å². The summed E-state index contributed by atoms with van der Waals surface area (Å²) in [6, 6.07) is 6.55. The minimum absolute atomic E-state index is 0.0597. The molecule has 0 bridgehead atoms. The first kappa shape index (κ1) is 15.8. The van der Waals surface area contributed by atoms with E-state index in [2.05, 4.69) is 21.2 Å². The molecule has 0 saturated heterocycles. The number of carbonyl (C=O) groups is 2. The number of rotatable bonds is 5. The molecule has 0 spiro atoms. The summed E-state index contributed by atoms with van der Waals surface area (Å²) in [5.41, 5.74) is 0.456. The zero-order chi connectivity index (χ0) is 15.4. The molecule has 110 valence electrons. The van der Waals surface area contributed by atoms with Crippen molar-refractivity contribution in [1.29, 1.82) is 0 Å². The van der Waals surface area contributed by atoms with Gasteiger partial charge in [0.25, 0.3) is 5.91 Å². The number of nitrogens with one attached hydrogen (secondary N) is 1. The van der Waals surface area contributed by atoms with Gasteiger partial charge in [-0.25, -0.2) is 4.79 Å². The lowest BCUT2D eigenvalue weighted by Crippen LogP contribution is -2.20. The van der Waals surface area contributed by atoms with Crippen LogP contribution in [0.1, 0.15) is 9.67 Å². The SMILES string of the molecule is O=C(COc1ccsc1C(=O)O)Nc1ccc(Br)cc1Cl. The molecule has 2 aromatic rings. The highest BCUT2D eigenvalue weighted by molar-refractivity contribution is 9.10. The molecule has 1 aromatic carbocycles. The van der Waals surface area contributed by atoms with Gasteiger partial charge in [-0.3, -0.25) is 4.79 Å². The monoisotopic (exact) mass is 389 g/mol. The number of carbonyl (C=O) groups excluding carboxylic acids is 1. The smallest absolute Gasteiger partial charge is 0.349 e. The molecule has 1 aromatic heterocycles. The van der Waals surface area contributed by atoms with Crippen molar-refractivity contribution in [2.75, 3.05) is 11.9 Å². The lowest BCUT2D eigenvalue weighted by Gasteiger charge is -2.08. The third-order valence-electron chi connectivity index (χ3n) is 2.39. The maximum Gasteiger partial charge on any atom is 0.349 e. The van der Waals surface area contributed by atoms with E-state index in [1.54, 1.807) is 23.6 Å². The number of hydrogen-bond acceptors (Lipinski definition) is 4. The highest BCUT2D eigenvalue weighted by atomic mass is 79.9. The van der Waals surface area contributed by atoms with Crippen LogP contribution in [0.2, 0.25) is 5.02 Å². The predicted molar refractivity (Wildman–Crippen MR) is 84.6 cm³/mol. The fraction of sp³-hybridized carbons (Fsp3) is 0.0769. The Balaban J connectivity index is 1.96. The molecule has 0 unspecified atom stereocenters. The van der Waals surface area contributed by atoms with E-state index in [1.165, 1.54) is 6.07 Å². The Labute approximate surface area is 137 Å². The summed E-state index contributed by atoms with van der Waals surface area (Å²) in [4.78, 5) is 22.7. The molecule has 0 aliphatic heterocycles. The molecule has 0 radical (unpaired) electrons. The number of carboxylic acid groups (broad SMARTS) is 1. The van der Waals surface area contributed by atoms with E-state index in [0.717, 1.165) is 15.8 Å². The Morgan fingerprint density at radius 1 is 1.38 bits per heavy atom. The summed E-state index contributed by atoms with van der Waals surface area (Å²) >= 11 is 10.3. The number of benzene rings is 1. The van der Waals surface area contributed by atoms with Crippen LogP contribution < -0.4 is 10.1 Å². The van der Waals surface area contributed by atoms with Gasteiger partial charge in [0.05, 0.1) is 10.7 Å². The number of anilines is 1. The van der Waals surface area contributed by atoms with E-state index in [-0.39, 0.29) is 17.2 Å². The second-order valence-corrected chi connectivity index (χ2v) is 6.12. The van der Waals surface area contributed by atoms with Crippen LogP contribution in [0, 0.1) is 0 Å². The predicted octanol–water partition coefficient (Wildman–Crippen LogP) is 3.88. The molecule has 0 aliphatic carbocycles. The lowest BCUT2D eigenvalue weighted by atomic mass is 10.3. The first-order chi connectivity index (χ1) is 9.97. The maximum absolute atomic E-state index is 11.8. The average molecular weight is 391 g/mol. The fourth-order valence-electron chi connectivity index (χ4n) is 1.49. The van der Waals surface area contributed by atoms with Crippen LogP contribution in [0.25, 0.3) is 0 Å². The van der Waals surface area contributed by atoms with Crippen molar-refractivity contribution in [3.63, 3.8) is 0 Å². The van der Waals surface area contributed by atoms with Crippen LogP contribution in [-0.2, 0) is 4.79 Å². The number of thiophene rings is 1. The van der Waals surface area contributed by atoms with Gasteiger partial charge in [0.1, 0.15) is 5.75 Å². The quantitative estimate of drug-likeness (QED) is 0.812. The molecule has 0 fully saturated rings. The van der Waals surface area contributed by atoms with Gasteiger partial charge in [-0.15, -0.1) is 11.3 Å². The normalized spacial score (nSPS) is 10.2. The van der Waals surface area contributed by atoms with Crippen LogP contribution in [0.4, 0.5) is 5.69 Å². The summed E-state index contributed by atoms with van der Waals surface area (Å²) in [5.74, 6) is -1.34. The number of hydrogen-bond donors (Lipinski definition) is 2. The largest absolute Gasteiger partial charge is 0.482 e. The van der Waals surface area contributed by atoms with Crippen molar-refractivity contribution in [2.24, 2.45) is 0 Å². The highest BCUT2D eigenvalue weighted by Gasteiger charge is 2.14. The van der Waals surface area contributed by atoms with Gasteiger partial charge in [0, 0.05) is 4.47 Å². The molecule has 2 rings (SSSR count). The molecule has 1 heterocycles. The number of ether oxygens (including phenoxy) is 1. The van der Waals surface area contributed by atoms with Gasteiger partial charge in [-0.05, 0) is 29.6 Å². The number of halogens is 2. The lowest BCUT2D eigenvalue weighted by molar-refractivity contribution is -0.118. The van der Waals surface area contributed by atoms with Crippen molar-refractivity contribution in [3.8, 4) is 5.75 Å². The third-order valence-corrected chi connectivity index (χ3v) is 4.08. The number of amides is 1. The standard InChI is InChI=1S/C13H9BrClNO4S/c14-7-1-2-9(8(15)5-7)16-11(17)6-20-10-3-4-21-12(10)13(18)19/h1-5H,6H2,(H,16,17)(H,18,19). The summed E-state index contributed by atoms with van der Waals surface area (Å²) in [5, 5.41) is 13.5. The molecule has 0 aliphatic rings. The molecule has 0 saturated carbocycles. The Bertz CT molecular complexity index is 689. The van der Waals surface area contributed by atoms with E-state index in [0.29, 0.717) is 10.7 Å². The van der Waals surface area contributed by atoms with Crippen molar-refractivity contribution in [2.45, 2.75) is 0 Å². The van der Waals surface area contributed by atoms with Crippen LogP contribution >= 0.6 is 38.9 Å². The second-order valence-electron chi connectivity index (χ2n) is 3.88. The summed E-state index contributed by atoms with van der Waals surface area (Å²) in [6.07, 6.45) is 0. The van der Waals surface area contributed by atoms with Gasteiger partial charge < -0.3 is 15.2 Å². The topological polar surface area (TPSA) is 75.6 Å². The average Bonchev–Trinajstić information content (AvgIpc) is 2.88. The van der Waals surface area contributed by atoms with Gasteiger partial charge in [-0.1, -0.05) is 27.5 Å². The fourth-order valence-corrected chi connectivity index (χ4v) is 2.88. The molecular weight excluding hydrogens is 382 g/mol. The summed E-state index contributed by atoms with van der Waals surface area (Å²) in [7, 11) is 0. The van der Waals surface area contributed by atoms with E-state index < -0.39 is 11.9 Å². The molecule has 0 atom stereocenters. The van der Waals surface area contributed by atoms with Gasteiger partial charge >= 0.3 is 5.97 Å². The van der Waals surface area contributed by atoms with E-state index in [4.69, 9.17) is 21.4 Å². The molecule has 21 heavy (non-hydrogen) atoms. The van der Waals surface area contributed by atoms with Crippen LogP contribution in [0.5, 0.6) is 5.75 Å². The Hall–Kier alpha value is -1.57. The molecule has 8 heteroatoms. The zero-order valence-corrected chi connectivity index (χ0v) is 13.6. The van der Waals surface area contributed by atoms with Gasteiger partial charge in [-0.2, -0.15) is 0 Å². The first-order valence-corrected chi connectivity index (χ1v) is 7.71. The Kier molecular flexibility index (Phi) is 5.22. The van der Waals surface area contributed by atoms with Gasteiger partial charge in [0.2, 0.25) is 0 Å². The number of aromatic carboxylic acids is 1. The number of carboxylic acids is 1. The van der Waals surface area contributed by atoms with Crippen molar-refractivity contribution < 1.29 is 19.4 Å². The molecule has 2 N–H and O–H groups in total. The Morgan fingerprint density at radius 2 is 2.14 bits per heavy atom. The summed E-state index contributed by atoms with van der Waals surface area (Å²) in [6.45, 7) is -0.302. The first-order valence-electron chi connectivity index (χ1n) is 5.66. The highest BCUT2D eigenvalue weighted by Crippen LogP contribution is 2.26.